The molecule has 1 atom stereocenters. The highest BCUT2D eigenvalue weighted by Crippen LogP contribution is 2.31. The van der Waals surface area contributed by atoms with Gasteiger partial charge in [0, 0.05) is 5.69 Å². The molecule has 1 N–H and O–H groups in total. The first-order valence-corrected chi connectivity index (χ1v) is 10.6. The van der Waals surface area contributed by atoms with Crippen LogP contribution in [0.2, 0.25) is 0 Å². The van der Waals surface area contributed by atoms with E-state index in [-0.39, 0.29) is 16.5 Å². The third-order valence-corrected chi connectivity index (χ3v) is 5.75. The Labute approximate surface area is 190 Å². The van der Waals surface area contributed by atoms with Crippen LogP contribution in [-0.2, 0) is 4.79 Å². The highest BCUT2D eigenvalue weighted by molar-refractivity contribution is 8.00. The van der Waals surface area contributed by atoms with Gasteiger partial charge < -0.3 is 5.32 Å². The Morgan fingerprint density at radius 3 is 2.30 bits per heavy atom. The van der Waals surface area contributed by atoms with E-state index in [2.05, 4.69) is 15.5 Å². The van der Waals surface area contributed by atoms with Crippen LogP contribution in [0.3, 0.4) is 0 Å². The molecule has 0 aliphatic rings. The number of carbonyl (C=O) groups is 1. The number of para-hydroxylation sites is 1. The van der Waals surface area contributed by atoms with Crippen LogP contribution >= 0.6 is 11.8 Å². The summed E-state index contributed by atoms with van der Waals surface area (Å²) in [6.45, 7) is 1.53. The number of hydrogen-bond acceptors (Lipinski definition) is 4. The average molecular weight is 472 g/mol. The Bertz CT molecular complexity index is 1310. The summed E-state index contributed by atoms with van der Waals surface area (Å²) < 4.78 is 56.6. The molecule has 0 radical (unpaired) electrons. The van der Waals surface area contributed by atoms with Crippen LogP contribution in [0.25, 0.3) is 17.1 Å². The van der Waals surface area contributed by atoms with Crippen LogP contribution in [0.1, 0.15) is 6.92 Å². The predicted octanol–water partition coefficient (Wildman–Crippen LogP) is 5.61. The van der Waals surface area contributed by atoms with E-state index in [1.165, 1.54) is 13.0 Å². The normalized spacial score (nSPS) is 11.9. The number of anilines is 1. The molecule has 4 rings (SSSR count). The van der Waals surface area contributed by atoms with Crippen molar-refractivity contribution in [2.45, 2.75) is 17.3 Å². The zero-order valence-electron chi connectivity index (χ0n) is 17.1. The number of thioether (sulfide) groups is 1. The molecule has 1 heterocycles. The summed E-state index contributed by atoms with van der Waals surface area (Å²) in [4.78, 5) is 12.6. The first-order valence-electron chi connectivity index (χ1n) is 9.73. The summed E-state index contributed by atoms with van der Waals surface area (Å²) in [5.74, 6) is -5.44. The Morgan fingerprint density at radius 2 is 1.58 bits per heavy atom. The molecular weight excluding hydrogens is 456 g/mol. The van der Waals surface area contributed by atoms with Crippen molar-refractivity contribution in [2.24, 2.45) is 0 Å². The number of aromatic nitrogens is 3. The first-order chi connectivity index (χ1) is 15.9. The molecule has 5 nitrogen and oxygen atoms in total. The summed E-state index contributed by atoms with van der Waals surface area (Å²) in [6.07, 6.45) is 0. The Hall–Kier alpha value is -3.66. The molecule has 0 spiro atoms. The molecular formula is C23H16F4N4OS. The van der Waals surface area contributed by atoms with E-state index in [4.69, 9.17) is 0 Å². The minimum atomic E-state index is -1.67. The second-order valence-electron chi connectivity index (χ2n) is 6.93. The molecule has 0 fully saturated rings. The van der Waals surface area contributed by atoms with E-state index in [1.807, 2.05) is 6.07 Å². The smallest absolute Gasteiger partial charge is 0.237 e. The summed E-state index contributed by atoms with van der Waals surface area (Å²) in [7, 11) is 0. The average Bonchev–Trinajstić information content (AvgIpc) is 3.23. The molecule has 3 aromatic carbocycles. The Kier molecular flexibility index (Phi) is 6.45. The third-order valence-electron chi connectivity index (χ3n) is 4.71. The van der Waals surface area contributed by atoms with Crippen molar-refractivity contribution in [1.82, 2.24) is 14.8 Å². The van der Waals surface area contributed by atoms with Crippen molar-refractivity contribution in [3.05, 3.63) is 90.0 Å². The van der Waals surface area contributed by atoms with Crippen LogP contribution in [0.15, 0.2) is 71.9 Å². The zero-order chi connectivity index (χ0) is 23.5. The van der Waals surface area contributed by atoms with Gasteiger partial charge in [0.15, 0.2) is 28.4 Å². The largest absolute Gasteiger partial charge is 0.323 e. The molecule has 0 saturated heterocycles. The van der Waals surface area contributed by atoms with Crippen molar-refractivity contribution < 1.29 is 22.4 Å². The second-order valence-corrected chi connectivity index (χ2v) is 8.24. The van der Waals surface area contributed by atoms with Gasteiger partial charge in [0.05, 0.1) is 16.5 Å². The summed E-state index contributed by atoms with van der Waals surface area (Å²) in [5.41, 5.74) is 0.382. The monoisotopic (exact) mass is 472 g/mol. The lowest BCUT2D eigenvalue weighted by molar-refractivity contribution is -0.115. The highest BCUT2D eigenvalue weighted by atomic mass is 32.2. The van der Waals surface area contributed by atoms with Gasteiger partial charge in [-0.1, -0.05) is 42.1 Å². The van der Waals surface area contributed by atoms with Gasteiger partial charge >= 0.3 is 0 Å². The van der Waals surface area contributed by atoms with Crippen LogP contribution < -0.4 is 5.32 Å². The van der Waals surface area contributed by atoms with Crippen molar-refractivity contribution in [3.8, 4) is 17.1 Å². The molecule has 4 aromatic rings. The number of nitrogens with one attached hydrogen (secondary N) is 1. The first kappa shape index (κ1) is 22.5. The maximum Gasteiger partial charge on any atom is 0.237 e. The van der Waals surface area contributed by atoms with Crippen LogP contribution in [-0.4, -0.2) is 25.9 Å². The third kappa shape index (κ3) is 4.61. The van der Waals surface area contributed by atoms with Crippen molar-refractivity contribution in [3.63, 3.8) is 0 Å². The van der Waals surface area contributed by atoms with Crippen molar-refractivity contribution in [2.75, 3.05) is 5.32 Å². The van der Waals surface area contributed by atoms with Gasteiger partial charge in [-0.25, -0.2) is 17.6 Å². The zero-order valence-corrected chi connectivity index (χ0v) is 17.9. The van der Waals surface area contributed by atoms with Gasteiger partial charge in [0.2, 0.25) is 5.91 Å². The van der Waals surface area contributed by atoms with E-state index in [9.17, 15) is 22.4 Å². The van der Waals surface area contributed by atoms with E-state index >= 15 is 0 Å². The fourth-order valence-corrected chi connectivity index (χ4v) is 3.91. The van der Waals surface area contributed by atoms with E-state index in [1.54, 1.807) is 47.0 Å². The van der Waals surface area contributed by atoms with Crippen molar-refractivity contribution in [1.29, 1.82) is 0 Å². The lowest BCUT2D eigenvalue weighted by Crippen LogP contribution is -2.23. The number of rotatable bonds is 6. The van der Waals surface area contributed by atoms with Gasteiger partial charge in [-0.15, -0.1) is 10.2 Å². The van der Waals surface area contributed by atoms with E-state index < -0.39 is 40.1 Å². The van der Waals surface area contributed by atoms with E-state index in [0.29, 0.717) is 5.69 Å². The number of nitrogens with zero attached hydrogens (tertiary/aromatic N) is 3. The minimum Gasteiger partial charge on any atom is -0.323 e. The fourth-order valence-electron chi connectivity index (χ4n) is 3.04. The molecule has 0 bridgehead atoms. The van der Waals surface area contributed by atoms with Crippen LogP contribution in [0.4, 0.5) is 23.2 Å². The number of halogens is 4. The lowest BCUT2D eigenvalue weighted by atomic mass is 10.2. The highest BCUT2D eigenvalue weighted by Gasteiger charge is 2.24. The van der Waals surface area contributed by atoms with Crippen LogP contribution in [0, 0.1) is 23.3 Å². The molecule has 0 saturated carbocycles. The molecule has 0 aliphatic carbocycles. The maximum atomic E-state index is 14.5. The maximum absolute atomic E-state index is 14.5. The topological polar surface area (TPSA) is 59.8 Å². The predicted molar refractivity (Wildman–Crippen MR) is 117 cm³/mol. The SMILES string of the molecule is C[C@@H](Sc1nnc(-c2ccccc2F)n1-c1ccccc1)C(=O)Nc1ccc(F)c(F)c1F. The molecule has 1 aromatic heterocycles. The quantitative estimate of drug-likeness (QED) is 0.225. The number of carbonyl (C=O) groups excluding carboxylic acids is 1. The molecule has 33 heavy (non-hydrogen) atoms. The summed E-state index contributed by atoms with van der Waals surface area (Å²) >= 11 is 0.992. The summed E-state index contributed by atoms with van der Waals surface area (Å²) in [5, 5.41) is 9.95. The van der Waals surface area contributed by atoms with Gasteiger partial charge in [-0.05, 0) is 43.3 Å². The van der Waals surface area contributed by atoms with E-state index in [0.717, 1.165) is 23.9 Å². The fraction of sp³-hybridized carbons (Fsp3) is 0.0870. The molecule has 1 amide bonds. The number of benzene rings is 3. The molecule has 0 unspecified atom stereocenters. The van der Waals surface area contributed by atoms with Gasteiger partial charge in [0.1, 0.15) is 5.82 Å². The minimum absolute atomic E-state index is 0.224. The van der Waals surface area contributed by atoms with Crippen molar-refractivity contribution >= 4 is 23.4 Å². The Morgan fingerprint density at radius 1 is 0.879 bits per heavy atom. The van der Waals surface area contributed by atoms with Crippen LogP contribution in [0.5, 0.6) is 0 Å². The van der Waals surface area contributed by atoms with Gasteiger partial charge in [0.25, 0.3) is 0 Å². The second kappa shape index (κ2) is 9.45. The van der Waals surface area contributed by atoms with Gasteiger partial charge in [-0.3, -0.25) is 9.36 Å². The molecule has 0 aliphatic heterocycles. The summed E-state index contributed by atoms with van der Waals surface area (Å²) in [6, 6.07) is 16.7. The lowest BCUT2D eigenvalue weighted by Gasteiger charge is -2.14. The molecule has 10 heteroatoms. The number of hydrogen-bond donors (Lipinski definition) is 1. The molecule has 168 valence electrons. The standard InChI is InChI=1S/C23H16F4N4OS/c1-13(22(32)28-18-12-11-17(25)19(26)20(18)27)33-23-30-29-21(15-9-5-6-10-16(15)24)31(23)14-7-3-2-4-8-14/h2-13H,1H3,(H,28,32)/t13-/m1/s1. The Balaban J connectivity index is 1.65. The van der Waals surface area contributed by atoms with Gasteiger partial charge in [-0.2, -0.15) is 0 Å². The number of amides is 1.